The number of likely N-dealkylation sites (N-methyl/N-ethyl adjacent to an activating group) is 1. The number of likely N-dealkylation sites (tertiary alicyclic amines) is 1. The van der Waals surface area contributed by atoms with Crippen molar-refractivity contribution in [2.45, 2.75) is 18.9 Å². The first-order chi connectivity index (χ1) is 14.0. The van der Waals surface area contributed by atoms with Gasteiger partial charge in [0.1, 0.15) is 12.6 Å². The summed E-state index contributed by atoms with van der Waals surface area (Å²) in [7, 11) is 4.16. The molecule has 2 atom stereocenters. The number of hydrogen-bond donors (Lipinski definition) is 3. The maximum absolute atomic E-state index is 13.0. The van der Waals surface area contributed by atoms with Crippen LogP contribution in [-0.2, 0) is 4.79 Å². The number of piperidine rings is 1. The van der Waals surface area contributed by atoms with E-state index < -0.39 is 0 Å². The number of anilines is 1. The third-order valence-electron chi connectivity index (χ3n) is 5.24. The zero-order valence-corrected chi connectivity index (χ0v) is 17.2. The van der Waals surface area contributed by atoms with E-state index in [4.69, 9.17) is 0 Å². The van der Waals surface area contributed by atoms with Crippen LogP contribution in [-0.4, -0.2) is 50.6 Å². The van der Waals surface area contributed by atoms with Gasteiger partial charge in [0.25, 0.3) is 0 Å². The Bertz CT molecular complexity index is 795. The smallest absolute Gasteiger partial charge is 0.321 e. The fraction of sp³-hybridized carbons (Fsp3) is 0.391. The number of amides is 3. The lowest BCUT2D eigenvalue weighted by Gasteiger charge is -2.33. The first kappa shape index (κ1) is 20.9. The standard InChI is InChI=1S/C23H30N4O2/c1-26(2)17-21(18-10-5-3-6-11-18)25-22(28)19-12-9-15-27(16-19)23(29)24-20-13-7-4-8-14-20/h3-8,10-11,13-14,19,21H,9,12,15-17H2,1-2H3,(H,24,29)(H,25,28)/p+1/t19-,21-/m1/s1. The Kier molecular flexibility index (Phi) is 7.25. The topological polar surface area (TPSA) is 65.9 Å². The minimum absolute atomic E-state index is 0.0253. The molecule has 3 amide bonds. The Labute approximate surface area is 172 Å². The van der Waals surface area contributed by atoms with Gasteiger partial charge < -0.3 is 20.4 Å². The highest BCUT2D eigenvalue weighted by molar-refractivity contribution is 5.90. The molecule has 154 valence electrons. The highest BCUT2D eigenvalue weighted by atomic mass is 16.2. The Morgan fingerprint density at radius 2 is 1.72 bits per heavy atom. The molecule has 0 unspecified atom stereocenters. The largest absolute Gasteiger partial charge is 0.343 e. The van der Waals surface area contributed by atoms with E-state index in [1.165, 1.54) is 4.90 Å². The number of nitrogens with zero attached hydrogens (tertiary/aromatic N) is 1. The fourth-order valence-corrected chi connectivity index (χ4v) is 3.74. The number of nitrogens with one attached hydrogen (secondary N) is 3. The minimum atomic E-state index is -0.186. The van der Waals surface area contributed by atoms with Crippen LogP contribution in [0.3, 0.4) is 0 Å². The van der Waals surface area contributed by atoms with Gasteiger partial charge in [-0.3, -0.25) is 4.79 Å². The van der Waals surface area contributed by atoms with Gasteiger partial charge in [-0.25, -0.2) is 4.79 Å². The van der Waals surface area contributed by atoms with Gasteiger partial charge in [-0.05, 0) is 30.5 Å². The SMILES string of the molecule is C[NH+](C)C[C@@H](NC(=O)[C@@H]1CCCN(C(=O)Nc2ccccc2)C1)c1ccccc1. The second kappa shape index (κ2) is 10.1. The predicted molar refractivity (Wildman–Crippen MR) is 115 cm³/mol. The van der Waals surface area contributed by atoms with Crippen molar-refractivity contribution in [3.63, 3.8) is 0 Å². The van der Waals surface area contributed by atoms with Crippen LogP contribution < -0.4 is 15.5 Å². The maximum Gasteiger partial charge on any atom is 0.321 e. The molecule has 2 aromatic rings. The number of rotatable bonds is 6. The van der Waals surface area contributed by atoms with Crippen molar-refractivity contribution >= 4 is 17.6 Å². The normalized spacial score (nSPS) is 17.6. The Hall–Kier alpha value is -2.86. The summed E-state index contributed by atoms with van der Waals surface area (Å²) in [5, 5.41) is 6.14. The van der Waals surface area contributed by atoms with E-state index in [-0.39, 0.29) is 23.9 Å². The van der Waals surface area contributed by atoms with Crippen molar-refractivity contribution in [3.05, 3.63) is 66.2 Å². The molecule has 0 aromatic heterocycles. The van der Waals surface area contributed by atoms with Gasteiger partial charge in [0.05, 0.1) is 20.0 Å². The molecule has 0 spiro atoms. The predicted octanol–water partition coefficient (Wildman–Crippen LogP) is 1.93. The quantitative estimate of drug-likeness (QED) is 0.700. The van der Waals surface area contributed by atoms with Gasteiger partial charge >= 0.3 is 6.03 Å². The van der Waals surface area contributed by atoms with Crippen molar-refractivity contribution in [2.75, 3.05) is 39.0 Å². The van der Waals surface area contributed by atoms with Crippen molar-refractivity contribution in [3.8, 4) is 0 Å². The van der Waals surface area contributed by atoms with Gasteiger partial charge in [0.2, 0.25) is 5.91 Å². The number of hydrogen-bond acceptors (Lipinski definition) is 2. The van der Waals surface area contributed by atoms with Crippen LogP contribution in [0, 0.1) is 5.92 Å². The molecule has 0 bridgehead atoms. The summed E-state index contributed by atoms with van der Waals surface area (Å²) in [4.78, 5) is 28.6. The summed E-state index contributed by atoms with van der Waals surface area (Å²) in [5.41, 5.74) is 1.87. The number of urea groups is 1. The number of benzene rings is 2. The summed E-state index contributed by atoms with van der Waals surface area (Å²) >= 11 is 0. The van der Waals surface area contributed by atoms with E-state index in [0.29, 0.717) is 13.1 Å². The molecular formula is C23H31N4O2+. The zero-order valence-electron chi connectivity index (χ0n) is 17.2. The van der Waals surface area contributed by atoms with E-state index in [0.717, 1.165) is 30.6 Å². The van der Waals surface area contributed by atoms with Crippen LogP contribution in [0.4, 0.5) is 10.5 Å². The van der Waals surface area contributed by atoms with E-state index in [2.05, 4.69) is 24.7 Å². The highest BCUT2D eigenvalue weighted by Crippen LogP contribution is 2.20. The molecule has 0 aliphatic carbocycles. The van der Waals surface area contributed by atoms with E-state index in [1.807, 2.05) is 60.7 Å². The lowest BCUT2D eigenvalue weighted by atomic mass is 9.96. The second-order valence-corrected chi connectivity index (χ2v) is 7.96. The average Bonchev–Trinajstić information content (AvgIpc) is 2.74. The minimum Gasteiger partial charge on any atom is -0.343 e. The maximum atomic E-state index is 13.0. The Morgan fingerprint density at radius 1 is 1.07 bits per heavy atom. The van der Waals surface area contributed by atoms with E-state index in [1.54, 1.807) is 4.90 Å². The van der Waals surface area contributed by atoms with Gasteiger partial charge in [-0.2, -0.15) is 0 Å². The lowest BCUT2D eigenvalue weighted by molar-refractivity contribution is -0.860. The van der Waals surface area contributed by atoms with E-state index >= 15 is 0 Å². The molecule has 3 rings (SSSR count). The molecule has 3 N–H and O–H groups in total. The van der Waals surface area contributed by atoms with Crippen molar-refractivity contribution in [1.29, 1.82) is 0 Å². The molecule has 0 radical (unpaired) electrons. The number of para-hydroxylation sites is 1. The van der Waals surface area contributed by atoms with Gasteiger partial charge in [-0.15, -0.1) is 0 Å². The highest BCUT2D eigenvalue weighted by Gasteiger charge is 2.30. The molecule has 1 heterocycles. The fourth-order valence-electron chi connectivity index (χ4n) is 3.74. The van der Waals surface area contributed by atoms with Crippen LogP contribution in [0.5, 0.6) is 0 Å². The van der Waals surface area contributed by atoms with Crippen LogP contribution in [0.1, 0.15) is 24.4 Å². The van der Waals surface area contributed by atoms with Crippen molar-refractivity contribution in [1.82, 2.24) is 10.2 Å². The first-order valence-corrected chi connectivity index (χ1v) is 10.3. The number of carbonyl (C=O) groups is 2. The van der Waals surface area contributed by atoms with Crippen molar-refractivity contribution in [2.24, 2.45) is 5.92 Å². The Morgan fingerprint density at radius 3 is 2.38 bits per heavy atom. The molecule has 1 fully saturated rings. The summed E-state index contributed by atoms with van der Waals surface area (Å²) in [6.07, 6.45) is 1.63. The molecule has 29 heavy (non-hydrogen) atoms. The molecule has 2 aromatic carbocycles. The monoisotopic (exact) mass is 395 g/mol. The Balaban J connectivity index is 1.61. The lowest BCUT2D eigenvalue weighted by Crippen LogP contribution is -3.06. The zero-order chi connectivity index (χ0) is 20.6. The summed E-state index contributed by atoms with van der Waals surface area (Å²) in [6.45, 7) is 1.92. The van der Waals surface area contributed by atoms with Crippen LogP contribution in [0.2, 0.25) is 0 Å². The number of carbonyl (C=O) groups excluding carboxylic acids is 2. The van der Waals surface area contributed by atoms with Crippen LogP contribution in [0.25, 0.3) is 0 Å². The molecule has 1 aliphatic heterocycles. The van der Waals surface area contributed by atoms with Gasteiger partial charge in [-0.1, -0.05) is 48.5 Å². The summed E-state index contributed by atoms with van der Waals surface area (Å²) in [6, 6.07) is 19.3. The summed E-state index contributed by atoms with van der Waals surface area (Å²) in [5.74, 6) is -0.161. The average molecular weight is 396 g/mol. The summed E-state index contributed by atoms with van der Waals surface area (Å²) < 4.78 is 0. The first-order valence-electron chi connectivity index (χ1n) is 10.3. The van der Waals surface area contributed by atoms with Gasteiger partial charge in [0.15, 0.2) is 0 Å². The molecule has 6 nitrogen and oxygen atoms in total. The van der Waals surface area contributed by atoms with Gasteiger partial charge in [0, 0.05) is 18.8 Å². The molecule has 6 heteroatoms. The third kappa shape index (κ3) is 6.06. The van der Waals surface area contributed by atoms with Crippen molar-refractivity contribution < 1.29 is 14.5 Å². The molecule has 1 saturated heterocycles. The molecular weight excluding hydrogens is 364 g/mol. The number of quaternary nitrogens is 1. The second-order valence-electron chi connectivity index (χ2n) is 7.96. The molecule has 0 saturated carbocycles. The third-order valence-corrected chi connectivity index (χ3v) is 5.24. The van der Waals surface area contributed by atoms with Crippen LogP contribution >= 0.6 is 0 Å². The molecule has 1 aliphatic rings. The van der Waals surface area contributed by atoms with E-state index in [9.17, 15) is 9.59 Å². The van der Waals surface area contributed by atoms with Crippen LogP contribution in [0.15, 0.2) is 60.7 Å².